The fraction of sp³-hybridized carbons (Fsp3) is 0.231. The molecule has 0 aromatic heterocycles. The third-order valence-corrected chi connectivity index (χ3v) is 20.8. The minimum Gasteiger partial charge on any atom is -0.311 e. The predicted octanol–water partition coefficient (Wildman–Crippen LogP) is 19.0. The van der Waals surface area contributed by atoms with Crippen LogP contribution in [0, 0.1) is 23.7 Å². The van der Waals surface area contributed by atoms with Gasteiger partial charge in [-0.1, -0.05) is 187 Å². The summed E-state index contributed by atoms with van der Waals surface area (Å²) in [5.74, 6) is 2.93. The van der Waals surface area contributed by atoms with Gasteiger partial charge in [0.05, 0.1) is 5.69 Å². The summed E-state index contributed by atoms with van der Waals surface area (Å²) in [5, 5.41) is 7.77. The van der Waals surface area contributed by atoms with Crippen molar-refractivity contribution in [2.45, 2.75) is 89.9 Å². The quantitative estimate of drug-likeness (QED) is 0.126. The maximum atomic E-state index is 2.80. The molecule has 11 aromatic rings. The summed E-state index contributed by atoms with van der Waals surface area (Å²) in [4.78, 5) is 7.90. The van der Waals surface area contributed by atoms with Crippen LogP contribution in [0.1, 0.15) is 95.9 Å². The summed E-state index contributed by atoms with van der Waals surface area (Å²) >= 11 is 0. The number of benzene rings is 11. The van der Waals surface area contributed by atoms with E-state index in [0.29, 0.717) is 11.8 Å². The van der Waals surface area contributed by atoms with Crippen molar-refractivity contribution in [1.82, 2.24) is 0 Å². The van der Waals surface area contributed by atoms with E-state index in [2.05, 4.69) is 275 Å². The van der Waals surface area contributed by atoms with Gasteiger partial charge in [0.15, 0.2) is 0 Å². The van der Waals surface area contributed by atoms with Gasteiger partial charge in [-0.05, 0) is 221 Å². The van der Waals surface area contributed by atoms with Gasteiger partial charge >= 0.3 is 0 Å². The van der Waals surface area contributed by atoms with Gasteiger partial charge in [0.1, 0.15) is 0 Å². The smallest absolute Gasteiger partial charge is 0.252 e. The number of hydrogen-bond acceptors (Lipinski definition) is 3. The Morgan fingerprint density at radius 3 is 1.55 bits per heavy atom. The lowest BCUT2D eigenvalue weighted by atomic mass is 9.32. The molecule has 3 heterocycles. The number of hydrogen-bond donors (Lipinski definition) is 0. The van der Waals surface area contributed by atoms with Crippen LogP contribution in [0.4, 0.5) is 51.2 Å². The molecule has 398 valence electrons. The molecule has 0 amide bonds. The molecule has 1 spiro atoms. The van der Waals surface area contributed by atoms with Crippen molar-refractivity contribution in [2.24, 2.45) is 23.7 Å². The van der Waals surface area contributed by atoms with Gasteiger partial charge < -0.3 is 14.7 Å². The molecule has 0 N–H and O–H groups in total. The maximum Gasteiger partial charge on any atom is 0.252 e. The molecule has 4 aliphatic carbocycles. The van der Waals surface area contributed by atoms with Crippen LogP contribution < -0.4 is 31.1 Å². The van der Waals surface area contributed by atoms with Crippen molar-refractivity contribution < 1.29 is 0 Å². The average molecular weight is 1060 g/mol. The Kier molecular flexibility index (Phi) is 10.2. The normalized spacial score (nSPS) is 20.8. The summed E-state index contributed by atoms with van der Waals surface area (Å²) in [6.07, 6.45) is 6.78. The molecule has 11 aromatic carbocycles. The zero-order chi connectivity index (χ0) is 55.0. The van der Waals surface area contributed by atoms with Crippen LogP contribution >= 0.6 is 0 Å². The fourth-order valence-electron chi connectivity index (χ4n) is 17.5. The molecule has 4 bridgehead atoms. The number of nitrogens with zero attached hydrogens (tertiary/aromatic N) is 3. The Bertz CT molecular complexity index is 4350. The highest BCUT2D eigenvalue weighted by Crippen LogP contribution is 2.70. The molecule has 3 nitrogen and oxygen atoms in total. The first-order chi connectivity index (χ1) is 39.9. The fourth-order valence-corrected chi connectivity index (χ4v) is 17.5. The van der Waals surface area contributed by atoms with E-state index in [1.54, 1.807) is 11.1 Å². The molecular formula is C78H68BN3. The molecule has 0 radical (unpaired) electrons. The van der Waals surface area contributed by atoms with Crippen LogP contribution in [-0.2, 0) is 16.2 Å². The first-order valence-corrected chi connectivity index (χ1v) is 30.4. The van der Waals surface area contributed by atoms with E-state index in [0.717, 1.165) is 34.6 Å². The Morgan fingerprint density at radius 1 is 0.390 bits per heavy atom. The summed E-state index contributed by atoms with van der Waals surface area (Å²) < 4.78 is 0. The summed E-state index contributed by atoms with van der Waals surface area (Å²) in [6, 6.07) is 84.7. The Balaban J connectivity index is 1.00. The molecule has 4 saturated carbocycles. The second-order valence-electron chi connectivity index (χ2n) is 27.3. The summed E-state index contributed by atoms with van der Waals surface area (Å²) in [5.41, 5.74) is 23.6. The van der Waals surface area contributed by atoms with E-state index >= 15 is 0 Å². The molecule has 7 aliphatic rings. The van der Waals surface area contributed by atoms with Crippen LogP contribution in [0.25, 0.3) is 43.4 Å². The van der Waals surface area contributed by atoms with E-state index in [1.165, 1.54) is 132 Å². The van der Waals surface area contributed by atoms with Crippen molar-refractivity contribution in [3.8, 4) is 11.1 Å². The standard InChI is InChI=1S/C78H68BN3/c1-76(2,3)52-30-32-58(33-31-52)81-71-47-59(80(56-19-9-7-10-20-56)57-21-11-8-12-22-57)34-36-68(71)79-69-46-53(77(4,5)6)45-67-75(69)82(70-28-18-17-27-66(70)78(67)54-38-48-37-49(40-54)41-55(78)39-48)73-44-51(43-72(81)74(73)79)50-29-35-64-62-25-14-13-23-60(62)61-24-15-16-26-63(61)65(64)42-50/h7-36,42-49,54-55H,37-41H2,1-6H3. The zero-order valence-electron chi connectivity index (χ0n) is 48.0. The second kappa shape index (κ2) is 17.3. The summed E-state index contributed by atoms with van der Waals surface area (Å²) in [7, 11) is 0. The van der Waals surface area contributed by atoms with Gasteiger partial charge in [0, 0.05) is 50.9 Å². The van der Waals surface area contributed by atoms with Gasteiger partial charge in [-0.2, -0.15) is 0 Å². The molecule has 18 rings (SSSR count). The molecule has 0 saturated heterocycles. The highest BCUT2D eigenvalue weighted by Gasteiger charge is 2.63. The summed E-state index contributed by atoms with van der Waals surface area (Å²) in [6.45, 7) is 14.3. The van der Waals surface area contributed by atoms with Crippen LogP contribution in [0.15, 0.2) is 218 Å². The third kappa shape index (κ3) is 6.84. The van der Waals surface area contributed by atoms with E-state index in [9.17, 15) is 0 Å². The second-order valence-corrected chi connectivity index (χ2v) is 27.3. The molecule has 3 aliphatic heterocycles. The molecule has 0 atom stereocenters. The highest BCUT2D eigenvalue weighted by atomic mass is 15.2. The zero-order valence-corrected chi connectivity index (χ0v) is 48.0. The highest BCUT2D eigenvalue weighted by molar-refractivity contribution is 7.00. The Labute approximate surface area is 484 Å². The van der Waals surface area contributed by atoms with Gasteiger partial charge in [-0.15, -0.1) is 0 Å². The SMILES string of the molecule is CC(C)(C)c1ccc(N2c3cc(N(c4ccccc4)c4ccccc4)ccc3B3c4cc(C(C)(C)C)cc5c4N(c4ccccc4C54C5CC6CC(C5)CC4C6)c4cc(-c5ccc6c7ccccc7c7ccccc7c6c5)cc2c43)cc1. The first-order valence-electron chi connectivity index (χ1n) is 30.4. The van der Waals surface area contributed by atoms with Gasteiger partial charge in [-0.25, -0.2) is 0 Å². The topological polar surface area (TPSA) is 9.72 Å². The van der Waals surface area contributed by atoms with Crippen LogP contribution in [-0.4, -0.2) is 6.71 Å². The Morgan fingerprint density at radius 2 is 0.939 bits per heavy atom. The van der Waals surface area contributed by atoms with Crippen molar-refractivity contribution in [1.29, 1.82) is 0 Å². The van der Waals surface area contributed by atoms with Crippen molar-refractivity contribution in [2.75, 3.05) is 14.7 Å². The van der Waals surface area contributed by atoms with Crippen LogP contribution in [0.3, 0.4) is 0 Å². The van der Waals surface area contributed by atoms with Gasteiger partial charge in [0.2, 0.25) is 0 Å². The van der Waals surface area contributed by atoms with Crippen LogP contribution in [0.5, 0.6) is 0 Å². The minimum absolute atomic E-state index is 0.00438. The van der Waals surface area contributed by atoms with E-state index < -0.39 is 0 Å². The van der Waals surface area contributed by atoms with Crippen molar-refractivity contribution in [3.63, 3.8) is 0 Å². The van der Waals surface area contributed by atoms with Crippen molar-refractivity contribution in [3.05, 3.63) is 241 Å². The van der Waals surface area contributed by atoms with Crippen LogP contribution in [0.2, 0.25) is 0 Å². The largest absolute Gasteiger partial charge is 0.311 e. The lowest BCUT2D eigenvalue weighted by Gasteiger charge is -2.65. The molecule has 82 heavy (non-hydrogen) atoms. The monoisotopic (exact) mass is 1060 g/mol. The number of anilines is 9. The Hall–Kier alpha value is -8.34. The maximum absolute atomic E-state index is 2.80. The van der Waals surface area contributed by atoms with E-state index in [1.807, 2.05) is 0 Å². The van der Waals surface area contributed by atoms with E-state index in [-0.39, 0.29) is 23.0 Å². The number of fused-ring (bicyclic) bond motifs is 12. The molecule has 4 heteroatoms. The number of para-hydroxylation sites is 3. The minimum atomic E-state index is -0.0764. The molecule has 0 unspecified atom stereocenters. The lowest BCUT2D eigenvalue weighted by molar-refractivity contribution is -0.0419. The van der Waals surface area contributed by atoms with Gasteiger partial charge in [-0.3, -0.25) is 0 Å². The first kappa shape index (κ1) is 48.4. The lowest BCUT2D eigenvalue weighted by Crippen LogP contribution is -2.64. The number of rotatable bonds is 5. The average Bonchev–Trinajstić information content (AvgIpc) is 1.06. The van der Waals surface area contributed by atoms with Gasteiger partial charge in [0.25, 0.3) is 6.71 Å². The third-order valence-electron chi connectivity index (χ3n) is 20.8. The van der Waals surface area contributed by atoms with E-state index in [4.69, 9.17) is 0 Å². The van der Waals surface area contributed by atoms with Crippen molar-refractivity contribution >= 4 is 107 Å². The predicted molar refractivity (Wildman–Crippen MR) is 348 cm³/mol. The molecular weight excluding hydrogens is 990 g/mol. The molecule has 4 fully saturated rings.